The molecule has 20 heavy (non-hydrogen) atoms. The lowest BCUT2D eigenvalue weighted by molar-refractivity contribution is -0.137. The van der Waals surface area contributed by atoms with E-state index in [1.807, 2.05) is 18.2 Å². The number of aromatic nitrogens is 1. The van der Waals surface area contributed by atoms with E-state index in [0.717, 1.165) is 36.6 Å². The summed E-state index contributed by atoms with van der Waals surface area (Å²) in [6.07, 6.45) is 0.123. The standard InChI is InChI=1S/C16H14F3N/c17-16(18,19)13-6-3-5-12(11-13)15(8-4-9-15)14-7-1-2-10-20-14/h1-3,5-7,10-11H,4,8-9H2. The predicted molar refractivity (Wildman–Crippen MR) is 70.3 cm³/mol. The van der Waals surface area contributed by atoms with Gasteiger partial charge in [0.2, 0.25) is 0 Å². The molecular formula is C16H14F3N. The summed E-state index contributed by atoms with van der Waals surface area (Å²) in [4.78, 5) is 4.36. The summed E-state index contributed by atoms with van der Waals surface area (Å²) in [5.41, 5.74) is 0.655. The summed E-state index contributed by atoms with van der Waals surface area (Å²) in [6.45, 7) is 0. The zero-order valence-electron chi connectivity index (χ0n) is 10.8. The quantitative estimate of drug-likeness (QED) is 0.783. The molecule has 0 spiro atoms. The van der Waals surface area contributed by atoms with Crippen LogP contribution in [-0.2, 0) is 11.6 Å². The highest BCUT2D eigenvalue weighted by atomic mass is 19.4. The van der Waals surface area contributed by atoms with Gasteiger partial charge in [-0.05, 0) is 36.6 Å². The first-order chi connectivity index (χ1) is 9.52. The number of rotatable bonds is 2. The van der Waals surface area contributed by atoms with Crippen molar-refractivity contribution in [2.45, 2.75) is 30.9 Å². The highest BCUT2D eigenvalue weighted by molar-refractivity contribution is 5.40. The lowest BCUT2D eigenvalue weighted by Gasteiger charge is -2.42. The topological polar surface area (TPSA) is 12.9 Å². The Morgan fingerprint density at radius 1 is 1.00 bits per heavy atom. The molecule has 0 aliphatic heterocycles. The molecule has 1 aromatic carbocycles. The highest BCUT2D eigenvalue weighted by Gasteiger charge is 2.42. The van der Waals surface area contributed by atoms with E-state index in [1.165, 1.54) is 12.1 Å². The van der Waals surface area contributed by atoms with Crippen molar-refractivity contribution < 1.29 is 13.2 Å². The van der Waals surface area contributed by atoms with Crippen molar-refractivity contribution in [3.05, 3.63) is 65.5 Å². The Morgan fingerprint density at radius 3 is 2.35 bits per heavy atom. The predicted octanol–water partition coefficient (Wildman–Crippen LogP) is 4.57. The molecule has 1 nitrogen and oxygen atoms in total. The molecule has 1 saturated carbocycles. The number of alkyl halides is 3. The number of hydrogen-bond acceptors (Lipinski definition) is 1. The van der Waals surface area contributed by atoms with Crippen molar-refractivity contribution in [2.75, 3.05) is 0 Å². The zero-order chi connectivity index (χ0) is 14.2. The van der Waals surface area contributed by atoms with E-state index in [-0.39, 0.29) is 5.41 Å². The van der Waals surface area contributed by atoms with Gasteiger partial charge in [-0.2, -0.15) is 13.2 Å². The summed E-state index contributed by atoms with van der Waals surface area (Å²) >= 11 is 0. The second-order valence-corrected chi connectivity index (χ2v) is 5.23. The Balaban J connectivity index is 2.07. The van der Waals surface area contributed by atoms with E-state index < -0.39 is 11.7 Å². The molecule has 2 aromatic rings. The Hall–Kier alpha value is -1.84. The average molecular weight is 277 g/mol. The lowest BCUT2D eigenvalue weighted by Crippen LogP contribution is -2.36. The molecule has 0 unspecified atom stereocenters. The van der Waals surface area contributed by atoms with Gasteiger partial charge in [0, 0.05) is 11.6 Å². The molecule has 1 aliphatic carbocycles. The monoisotopic (exact) mass is 277 g/mol. The molecule has 0 atom stereocenters. The van der Waals surface area contributed by atoms with Gasteiger partial charge in [0.1, 0.15) is 0 Å². The number of benzene rings is 1. The maximum atomic E-state index is 12.9. The minimum atomic E-state index is -4.30. The molecule has 1 aliphatic rings. The van der Waals surface area contributed by atoms with E-state index in [2.05, 4.69) is 4.98 Å². The maximum Gasteiger partial charge on any atom is 0.416 e. The van der Waals surface area contributed by atoms with Crippen molar-refractivity contribution in [1.82, 2.24) is 4.98 Å². The minimum absolute atomic E-state index is 0.345. The van der Waals surface area contributed by atoms with Gasteiger partial charge in [-0.15, -0.1) is 0 Å². The van der Waals surface area contributed by atoms with E-state index >= 15 is 0 Å². The van der Waals surface area contributed by atoms with Gasteiger partial charge in [-0.1, -0.05) is 30.7 Å². The van der Waals surface area contributed by atoms with E-state index in [4.69, 9.17) is 0 Å². The normalized spacial score (nSPS) is 17.6. The second kappa shape index (κ2) is 4.62. The molecule has 1 aromatic heterocycles. The Labute approximate surface area is 115 Å². The molecule has 1 fully saturated rings. The summed E-state index contributed by atoms with van der Waals surface area (Å²) in [5.74, 6) is 0. The number of pyridine rings is 1. The van der Waals surface area contributed by atoms with Gasteiger partial charge >= 0.3 is 6.18 Å². The average Bonchev–Trinajstić information content (AvgIpc) is 2.38. The van der Waals surface area contributed by atoms with Crippen LogP contribution in [0.4, 0.5) is 13.2 Å². The second-order valence-electron chi connectivity index (χ2n) is 5.23. The van der Waals surface area contributed by atoms with Crippen LogP contribution in [0.1, 0.15) is 36.1 Å². The molecule has 0 N–H and O–H groups in total. The molecule has 104 valence electrons. The fourth-order valence-electron chi connectivity index (χ4n) is 2.86. The third kappa shape index (κ3) is 2.09. The first kappa shape index (κ1) is 13.2. The minimum Gasteiger partial charge on any atom is -0.260 e. The number of nitrogens with zero attached hydrogens (tertiary/aromatic N) is 1. The largest absolute Gasteiger partial charge is 0.416 e. The maximum absolute atomic E-state index is 12.9. The van der Waals surface area contributed by atoms with E-state index in [0.29, 0.717) is 0 Å². The van der Waals surface area contributed by atoms with Gasteiger partial charge < -0.3 is 0 Å². The molecule has 0 saturated heterocycles. The van der Waals surface area contributed by atoms with Crippen molar-refractivity contribution in [1.29, 1.82) is 0 Å². The van der Waals surface area contributed by atoms with Crippen LogP contribution in [0.3, 0.4) is 0 Å². The van der Waals surface area contributed by atoms with Gasteiger partial charge in [0.05, 0.1) is 11.3 Å². The first-order valence-electron chi connectivity index (χ1n) is 6.62. The Kier molecular flexibility index (Phi) is 3.04. The summed E-state index contributed by atoms with van der Waals surface area (Å²) in [5, 5.41) is 0. The van der Waals surface area contributed by atoms with Crippen LogP contribution in [0.5, 0.6) is 0 Å². The van der Waals surface area contributed by atoms with Gasteiger partial charge in [-0.25, -0.2) is 0 Å². The van der Waals surface area contributed by atoms with Crippen molar-refractivity contribution in [3.8, 4) is 0 Å². The third-order valence-electron chi connectivity index (χ3n) is 4.10. The van der Waals surface area contributed by atoms with Crippen LogP contribution in [-0.4, -0.2) is 4.98 Å². The SMILES string of the molecule is FC(F)(F)c1cccc(C2(c3ccccn3)CCC2)c1. The van der Waals surface area contributed by atoms with E-state index in [1.54, 1.807) is 12.3 Å². The number of halogens is 3. The van der Waals surface area contributed by atoms with Gasteiger partial charge in [-0.3, -0.25) is 4.98 Å². The molecular weight excluding hydrogens is 263 g/mol. The van der Waals surface area contributed by atoms with Gasteiger partial charge in [0.15, 0.2) is 0 Å². The fourth-order valence-corrected chi connectivity index (χ4v) is 2.86. The Bertz CT molecular complexity index is 601. The smallest absolute Gasteiger partial charge is 0.260 e. The van der Waals surface area contributed by atoms with Crippen LogP contribution in [0, 0.1) is 0 Å². The Morgan fingerprint density at radius 2 is 1.80 bits per heavy atom. The molecule has 0 amide bonds. The fraction of sp³-hybridized carbons (Fsp3) is 0.312. The van der Waals surface area contributed by atoms with Crippen LogP contribution in [0.15, 0.2) is 48.7 Å². The molecule has 4 heteroatoms. The highest BCUT2D eigenvalue weighted by Crippen LogP contribution is 2.48. The van der Waals surface area contributed by atoms with Crippen molar-refractivity contribution >= 4 is 0 Å². The molecule has 3 rings (SSSR count). The van der Waals surface area contributed by atoms with Crippen LogP contribution < -0.4 is 0 Å². The van der Waals surface area contributed by atoms with Crippen LogP contribution in [0.2, 0.25) is 0 Å². The summed E-state index contributed by atoms with van der Waals surface area (Å²) < 4.78 is 38.6. The van der Waals surface area contributed by atoms with Gasteiger partial charge in [0.25, 0.3) is 0 Å². The third-order valence-corrected chi connectivity index (χ3v) is 4.10. The molecule has 1 heterocycles. The summed E-state index contributed by atoms with van der Waals surface area (Å²) in [7, 11) is 0. The zero-order valence-corrected chi connectivity index (χ0v) is 10.8. The van der Waals surface area contributed by atoms with E-state index in [9.17, 15) is 13.2 Å². The van der Waals surface area contributed by atoms with Crippen LogP contribution >= 0.6 is 0 Å². The van der Waals surface area contributed by atoms with Crippen molar-refractivity contribution in [3.63, 3.8) is 0 Å². The number of hydrogen-bond donors (Lipinski definition) is 0. The molecule has 0 radical (unpaired) electrons. The lowest BCUT2D eigenvalue weighted by atomic mass is 9.62. The molecule has 0 bridgehead atoms. The van der Waals surface area contributed by atoms with Crippen LogP contribution in [0.25, 0.3) is 0 Å². The van der Waals surface area contributed by atoms with Crippen molar-refractivity contribution in [2.24, 2.45) is 0 Å². The summed E-state index contributed by atoms with van der Waals surface area (Å²) in [6, 6.07) is 11.3. The first-order valence-corrected chi connectivity index (χ1v) is 6.62.